The Morgan fingerprint density at radius 1 is 1.20 bits per heavy atom. The molecule has 0 aromatic rings. The highest BCUT2D eigenvalue weighted by atomic mass is 16.5. The molecule has 0 amide bonds. The van der Waals surface area contributed by atoms with Gasteiger partial charge in [-0.3, -0.25) is 10.1 Å². The summed E-state index contributed by atoms with van der Waals surface area (Å²) < 4.78 is 11.1. The van der Waals surface area contributed by atoms with Crippen LogP contribution in [-0.2, 0) is 14.3 Å². The molecule has 3 aliphatic carbocycles. The van der Waals surface area contributed by atoms with Crippen molar-refractivity contribution in [1.29, 1.82) is 0 Å². The molecule has 0 radical (unpaired) electrons. The van der Waals surface area contributed by atoms with Crippen LogP contribution in [0.2, 0.25) is 0 Å². The van der Waals surface area contributed by atoms with Crippen LogP contribution >= 0.6 is 0 Å². The van der Waals surface area contributed by atoms with Crippen molar-refractivity contribution < 1.29 is 14.3 Å². The molecule has 0 aliphatic heterocycles. The number of hydrogen-bond donors (Lipinski definition) is 1. The molecule has 3 rings (SSSR count). The summed E-state index contributed by atoms with van der Waals surface area (Å²) in [5, 5.41) is 3.52. The van der Waals surface area contributed by atoms with Crippen molar-refractivity contribution >= 4 is 5.97 Å². The highest BCUT2D eigenvalue weighted by Gasteiger charge is 2.49. The molecule has 4 heteroatoms. The lowest BCUT2D eigenvalue weighted by molar-refractivity contribution is -0.149. The summed E-state index contributed by atoms with van der Waals surface area (Å²) >= 11 is 0. The average molecular weight is 281 g/mol. The number of ether oxygens (including phenoxy) is 2. The van der Waals surface area contributed by atoms with E-state index in [1.165, 1.54) is 45.6 Å². The van der Waals surface area contributed by atoms with Crippen molar-refractivity contribution in [2.45, 2.75) is 75.5 Å². The van der Waals surface area contributed by atoms with Gasteiger partial charge in [0.05, 0.1) is 13.2 Å². The number of methoxy groups -OCH3 is 1. The standard InChI is InChI=1S/C16H27NO3/c1-19-15(18)16(17-13-6-7-13)9-8-14(10-16)20-11-12-4-2-3-5-12/h12-14,17H,2-11H2,1H3. The molecule has 3 aliphatic rings. The fraction of sp³-hybridized carbons (Fsp3) is 0.938. The lowest BCUT2D eigenvalue weighted by atomic mass is 9.97. The van der Waals surface area contributed by atoms with E-state index in [0.717, 1.165) is 31.8 Å². The molecule has 0 heterocycles. The van der Waals surface area contributed by atoms with E-state index in [1.807, 2.05) is 0 Å². The smallest absolute Gasteiger partial charge is 0.326 e. The zero-order chi connectivity index (χ0) is 14.0. The van der Waals surface area contributed by atoms with Gasteiger partial charge in [0.15, 0.2) is 0 Å². The molecular weight excluding hydrogens is 254 g/mol. The highest BCUT2D eigenvalue weighted by molar-refractivity contribution is 5.81. The number of nitrogens with one attached hydrogen (secondary N) is 1. The zero-order valence-corrected chi connectivity index (χ0v) is 12.5. The largest absolute Gasteiger partial charge is 0.468 e. The van der Waals surface area contributed by atoms with Crippen LogP contribution in [0.5, 0.6) is 0 Å². The topological polar surface area (TPSA) is 47.6 Å². The number of hydrogen-bond acceptors (Lipinski definition) is 4. The Morgan fingerprint density at radius 2 is 1.95 bits per heavy atom. The van der Waals surface area contributed by atoms with Crippen molar-refractivity contribution in [3.8, 4) is 0 Å². The maximum Gasteiger partial charge on any atom is 0.326 e. The Kier molecular flexibility index (Phi) is 4.32. The van der Waals surface area contributed by atoms with Crippen LogP contribution in [0.15, 0.2) is 0 Å². The predicted molar refractivity (Wildman–Crippen MR) is 76.5 cm³/mol. The summed E-state index contributed by atoms with van der Waals surface area (Å²) in [5.41, 5.74) is -0.476. The van der Waals surface area contributed by atoms with E-state index >= 15 is 0 Å². The molecule has 114 valence electrons. The van der Waals surface area contributed by atoms with E-state index < -0.39 is 5.54 Å². The van der Waals surface area contributed by atoms with E-state index in [-0.39, 0.29) is 12.1 Å². The fourth-order valence-corrected chi connectivity index (χ4v) is 3.78. The maximum absolute atomic E-state index is 12.2. The highest BCUT2D eigenvalue weighted by Crippen LogP contribution is 2.37. The van der Waals surface area contributed by atoms with Gasteiger partial charge in [-0.05, 0) is 44.4 Å². The van der Waals surface area contributed by atoms with E-state index in [1.54, 1.807) is 0 Å². The van der Waals surface area contributed by atoms with Crippen LogP contribution in [0.1, 0.15) is 57.8 Å². The summed E-state index contributed by atoms with van der Waals surface area (Å²) in [5.74, 6) is 0.649. The van der Waals surface area contributed by atoms with E-state index in [0.29, 0.717) is 6.04 Å². The minimum Gasteiger partial charge on any atom is -0.468 e. The first-order valence-corrected chi connectivity index (χ1v) is 8.19. The molecule has 2 atom stereocenters. The van der Waals surface area contributed by atoms with Crippen LogP contribution in [0.25, 0.3) is 0 Å². The van der Waals surface area contributed by atoms with Crippen LogP contribution in [-0.4, -0.2) is 37.4 Å². The normalized spacial score (nSPS) is 34.5. The predicted octanol–water partition coefficient (Wildman–Crippen LogP) is 2.41. The van der Waals surface area contributed by atoms with Crippen LogP contribution < -0.4 is 5.32 Å². The molecule has 4 nitrogen and oxygen atoms in total. The fourth-order valence-electron chi connectivity index (χ4n) is 3.78. The van der Waals surface area contributed by atoms with Gasteiger partial charge in [0.2, 0.25) is 0 Å². The Labute approximate surface area is 121 Å². The van der Waals surface area contributed by atoms with Gasteiger partial charge < -0.3 is 9.47 Å². The van der Waals surface area contributed by atoms with Gasteiger partial charge in [-0.25, -0.2) is 0 Å². The summed E-state index contributed by atoms with van der Waals surface area (Å²) in [4.78, 5) is 12.2. The van der Waals surface area contributed by atoms with Gasteiger partial charge in [-0.15, -0.1) is 0 Å². The number of carbonyl (C=O) groups is 1. The molecule has 0 bridgehead atoms. The number of carbonyl (C=O) groups excluding carboxylic acids is 1. The Morgan fingerprint density at radius 3 is 2.60 bits per heavy atom. The summed E-state index contributed by atoms with van der Waals surface area (Å²) in [6, 6.07) is 0.516. The number of rotatable bonds is 6. The second-order valence-corrected chi connectivity index (χ2v) is 6.84. The Hall–Kier alpha value is -0.610. The van der Waals surface area contributed by atoms with Crippen molar-refractivity contribution in [3.63, 3.8) is 0 Å². The maximum atomic E-state index is 12.2. The minimum atomic E-state index is -0.476. The van der Waals surface area contributed by atoms with Crippen molar-refractivity contribution in [3.05, 3.63) is 0 Å². The van der Waals surface area contributed by atoms with E-state index in [4.69, 9.17) is 9.47 Å². The molecule has 3 saturated carbocycles. The van der Waals surface area contributed by atoms with E-state index in [2.05, 4.69) is 5.32 Å². The molecule has 3 fully saturated rings. The summed E-state index contributed by atoms with van der Waals surface area (Å²) in [7, 11) is 1.49. The van der Waals surface area contributed by atoms with Crippen LogP contribution in [0.4, 0.5) is 0 Å². The van der Waals surface area contributed by atoms with Gasteiger partial charge in [0.25, 0.3) is 0 Å². The molecule has 0 aromatic heterocycles. The molecular formula is C16H27NO3. The molecule has 0 spiro atoms. The zero-order valence-electron chi connectivity index (χ0n) is 12.5. The lowest BCUT2D eigenvalue weighted by Crippen LogP contribution is -2.52. The Bertz CT molecular complexity index is 350. The number of esters is 1. The first-order valence-electron chi connectivity index (χ1n) is 8.19. The third-order valence-corrected chi connectivity index (χ3v) is 5.15. The minimum absolute atomic E-state index is 0.101. The van der Waals surface area contributed by atoms with Gasteiger partial charge >= 0.3 is 5.97 Å². The summed E-state index contributed by atoms with van der Waals surface area (Å²) in [6.07, 6.45) is 10.5. The van der Waals surface area contributed by atoms with Crippen LogP contribution in [0.3, 0.4) is 0 Å². The average Bonchev–Trinajstić information content (AvgIpc) is 2.95. The lowest BCUT2D eigenvalue weighted by Gasteiger charge is -2.28. The third-order valence-electron chi connectivity index (χ3n) is 5.15. The Balaban J connectivity index is 1.52. The van der Waals surface area contributed by atoms with Gasteiger partial charge in [0.1, 0.15) is 5.54 Å². The molecule has 20 heavy (non-hydrogen) atoms. The SMILES string of the molecule is COC(=O)C1(NC2CC2)CCC(OCC2CCCC2)C1. The molecule has 1 N–H and O–H groups in total. The van der Waals surface area contributed by atoms with Crippen molar-refractivity contribution in [2.75, 3.05) is 13.7 Å². The second kappa shape index (κ2) is 6.02. The summed E-state index contributed by atoms with van der Waals surface area (Å²) in [6.45, 7) is 0.880. The third kappa shape index (κ3) is 3.17. The second-order valence-electron chi connectivity index (χ2n) is 6.84. The van der Waals surface area contributed by atoms with Gasteiger partial charge in [-0.1, -0.05) is 12.8 Å². The molecule has 0 aromatic carbocycles. The monoisotopic (exact) mass is 281 g/mol. The first kappa shape index (κ1) is 14.3. The van der Waals surface area contributed by atoms with Crippen LogP contribution in [0, 0.1) is 5.92 Å². The van der Waals surface area contributed by atoms with Crippen molar-refractivity contribution in [2.24, 2.45) is 5.92 Å². The molecule has 2 unspecified atom stereocenters. The van der Waals surface area contributed by atoms with Gasteiger partial charge in [-0.2, -0.15) is 0 Å². The first-order chi connectivity index (χ1) is 9.72. The molecule has 0 saturated heterocycles. The van der Waals surface area contributed by atoms with E-state index in [9.17, 15) is 4.79 Å². The quantitative estimate of drug-likeness (QED) is 0.760. The van der Waals surface area contributed by atoms with Crippen molar-refractivity contribution in [1.82, 2.24) is 5.32 Å². The van der Waals surface area contributed by atoms with Gasteiger partial charge in [0, 0.05) is 19.1 Å².